The van der Waals surface area contributed by atoms with Gasteiger partial charge in [0.15, 0.2) is 5.11 Å². The van der Waals surface area contributed by atoms with Crippen LogP contribution in [0, 0.1) is 20.8 Å². The highest BCUT2D eigenvalue weighted by atomic mass is 32.1. The largest absolute Gasteiger partial charge is 0.469 e. The van der Waals surface area contributed by atoms with E-state index < -0.39 is 0 Å². The molecule has 132 valence electrons. The number of hydrogen-bond donors (Lipinski definition) is 2. The molecule has 0 heterocycles. The molecule has 24 heavy (non-hydrogen) atoms. The summed E-state index contributed by atoms with van der Waals surface area (Å²) in [5, 5.41) is 7.80. The lowest BCUT2D eigenvalue weighted by molar-refractivity contribution is -0.140. The number of hydrazone groups is 1. The van der Waals surface area contributed by atoms with Crippen LogP contribution in [0.4, 0.5) is 0 Å². The Morgan fingerprint density at radius 3 is 2.50 bits per heavy atom. The SMILES string of the molecule is COC(=O)CCCCCNC(=S)N/N=C\c1c(C)cc(C)cc1C. The molecule has 0 aromatic heterocycles. The van der Waals surface area contributed by atoms with Crippen molar-refractivity contribution in [2.45, 2.75) is 46.5 Å². The number of nitrogens with zero attached hydrogens (tertiary/aromatic N) is 1. The number of nitrogens with one attached hydrogen (secondary N) is 2. The van der Waals surface area contributed by atoms with Gasteiger partial charge in [0.25, 0.3) is 0 Å². The number of ether oxygens (including phenoxy) is 1. The molecule has 1 aromatic rings. The number of benzene rings is 1. The molecule has 0 aliphatic rings. The number of carbonyl (C=O) groups excluding carboxylic acids is 1. The quantitative estimate of drug-likeness (QED) is 0.248. The molecule has 0 saturated carbocycles. The number of esters is 1. The monoisotopic (exact) mass is 349 g/mol. The summed E-state index contributed by atoms with van der Waals surface area (Å²) in [6, 6.07) is 4.28. The van der Waals surface area contributed by atoms with Crippen LogP contribution >= 0.6 is 12.2 Å². The van der Waals surface area contributed by atoms with Gasteiger partial charge in [-0.3, -0.25) is 10.2 Å². The van der Waals surface area contributed by atoms with Crippen LogP contribution in [0.2, 0.25) is 0 Å². The summed E-state index contributed by atoms with van der Waals surface area (Å²) < 4.78 is 4.60. The molecule has 0 atom stereocenters. The number of hydrogen-bond acceptors (Lipinski definition) is 4. The van der Waals surface area contributed by atoms with Crippen molar-refractivity contribution in [1.29, 1.82) is 0 Å². The first-order chi connectivity index (χ1) is 11.4. The molecule has 0 aliphatic carbocycles. The number of rotatable bonds is 8. The van der Waals surface area contributed by atoms with Crippen LogP contribution in [0.1, 0.15) is 47.9 Å². The minimum atomic E-state index is -0.156. The fourth-order valence-electron chi connectivity index (χ4n) is 2.46. The zero-order valence-electron chi connectivity index (χ0n) is 14.9. The summed E-state index contributed by atoms with van der Waals surface area (Å²) in [6.07, 6.45) is 5.00. The van der Waals surface area contributed by atoms with Crippen molar-refractivity contribution in [3.63, 3.8) is 0 Å². The van der Waals surface area contributed by atoms with Crippen molar-refractivity contribution < 1.29 is 9.53 Å². The van der Waals surface area contributed by atoms with Crippen LogP contribution in [0.25, 0.3) is 0 Å². The average molecular weight is 350 g/mol. The normalized spacial score (nSPS) is 10.7. The lowest BCUT2D eigenvalue weighted by Gasteiger charge is -2.08. The van der Waals surface area contributed by atoms with E-state index in [9.17, 15) is 4.79 Å². The van der Waals surface area contributed by atoms with Crippen LogP contribution in [-0.4, -0.2) is 31.0 Å². The van der Waals surface area contributed by atoms with E-state index in [1.165, 1.54) is 23.8 Å². The third kappa shape index (κ3) is 7.55. The van der Waals surface area contributed by atoms with Gasteiger partial charge in [-0.25, -0.2) is 0 Å². The van der Waals surface area contributed by atoms with Crippen LogP contribution in [-0.2, 0) is 9.53 Å². The second kappa shape index (κ2) is 10.8. The molecule has 2 N–H and O–H groups in total. The van der Waals surface area contributed by atoms with Gasteiger partial charge in [0, 0.05) is 18.5 Å². The third-order valence-electron chi connectivity index (χ3n) is 3.67. The van der Waals surface area contributed by atoms with Crippen LogP contribution in [0.3, 0.4) is 0 Å². The molecule has 0 amide bonds. The predicted molar refractivity (Wildman–Crippen MR) is 102 cm³/mol. The van der Waals surface area contributed by atoms with E-state index in [0.29, 0.717) is 11.5 Å². The van der Waals surface area contributed by atoms with Gasteiger partial charge in [0.05, 0.1) is 13.3 Å². The highest BCUT2D eigenvalue weighted by Crippen LogP contribution is 2.13. The van der Waals surface area contributed by atoms with Crippen LogP contribution < -0.4 is 10.7 Å². The predicted octanol–water partition coefficient (Wildman–Crippen LogP) is 3.14. The highest BCUT2D eigenvalue weighted by molar-refractivity contribution is 7.80. The molecule has 0 radical (unpaired) electrons. The van der Waals surface area contributed by atoms with E-state index in [1.54, 1.807) is 6.21 Å². The lowest BCUT2D eigenvalue weighted by Crippen LogP contribution is -2.32. The molecule has 6 heteroatoms. The van der Waals surface area contributed by atoms with Gasteiger partial charge in [-0.1, -0.05) is 24.1 Å². The lowest BCUT2D eigenvalue weighted by atomic mass is 10.0. The van der Waals surface area contributed by atoms with Crippen molar-refractivity contribution >= 4 is 29.5 Å². The standard InChI is InChI=1S/C18H27N3O2S/c1-13-10-14(2)16(15(3)11-13)12-20-21-18(24)19-9-7-5-6-8-17(22)23-4/h10-12H,5-9H2,1-4H3,(H2,19,21,24)/b20-12-. The zero-order chi connectivity index (χ0) is 17.9. The Morgan fingerprint density at radius 1 is 1.21 bits per heavy atom. The molecule has 0 bridgehead atoms. The highest BCUT2D eigenvalue weighted by Gasteiger charge is 2.01. The molecule has 0 saturated heterocycles. The number of thiocarbonyl (C=S) groups is 1. The Balaban J connectivity index is 2.26. The Labute approximate surface area is 149 Å². The summed E-state index contributed by atoms with van der Waals surface area (Å²) in [5.74, 6) is -0.156. The molecule has 0 fully saturated rings. The fraction of sp³-hybridized carbons (Fsp3) is 0.500. The summed E-state index contributed by atoms with van der Waals surface area (Å²) in [5.41, 5.74) is 7.59. The second-order valence-corrected chi connectivity index (χ2v) is 6.23. The molecule has 5 nitrogen and oxygen atoms in total. The zero-order valence-corrected chi connectivity index (χ0v) is 15.8. The van der Waals surface area contributed by atoms with Crippen LogP contribution in [0.15, 0.2) is 17.2 Å². The Bertz CT molecular complexity index is 577. The topological polar surface area (TPSA) is 62.7 Å². The summed E-state index contributed by atoms with van der Waals surface area (Å²) >= 11 is 5.18. The first kappa shape index (κ1) is 20.1. The Hall–Kier alpha value is -1.95. The number of methoxy groups -OCH3 is 1. The molecular weight excluding hydrogens is 322 g/mol. The molecular formula is C18H27N3O2S. The van der Waals surface area contributed by atoms with Gasteiger partial charge in [-0.15, -0.1) is 0 Å². The first-order valence-corrected chi connectivity index (χ1v) is 8.56. The summed E-state index contributed by atoms with van der Waals surface area (Å²) in [7, 11) is 1.41. The van der Waals surface area contributed by atoms with Crippen molar-refractivity contribution in [3.8, 4) is 0 Å². The van der Waals surface area contributed by atoms with Crippen molar-refractivity contribution in [1.82, 2.24) is 10.7 Å². The van der Waals surface area contributed by atoms with Gasteiger partial charge >= 0.3 is 5.97 Å². The van der Waals surface area contributed by atoms with E-state index >= 15 is 0 Å². The van der Waals surface area contributed by atoms with Crippen molar-refractivity contribution in [3.05, 3.63) is 34.4 Å². The maximum Gasteiger partial charge on any atom is 0.305 e. The number of aryl methyl sites for hydroxylation is 3. The molecule has 0 aliphatic heterocycles. The minimum Gasteiger partial charge on any atom is -0.469 e. The summed E-state index contributed by atoms with van der Waals surface area (Å²) in [4.78, 5) is 11.0. The average Bonchev–Trinajstić information content (AvgIpc) is 2.52. The van der Waals surface area contributed by atoms with Gasteiger partial charge in [-0.2, -0.15) is 5.10 Å². The number of carbonyl (C=O) groups is 1. The maximum atomic E-state index is 11.0. The van der Waals surface area contributed by atoms with Gasteiger partial charge in [0.2, 0.25) is 0 Å². The van der Waals surface area contributed by atoms with Crippen molar-refractivity contribution in [2.24, 2.45) is 5.10 Å². The van der Waals surface area contributed by atoms with Crippen LogP contribution in [0.5, 0.6) is 0 Å². The maximum absolute atomic E-state index is 11.0. The second-order valence-electron chi connectivity index (χ2n) is 5.83. The van der Waals surface area contributed by atoms with E-state index in [0.717, 1.165) is 31.4 Å². The molecule has 1 rings (SSSR count). The smallest absolute Gasteiger partial charge is 0.305 e. The molecule has 1 aromatic carbocycles. The number of unbranched alkanes of at least 4 members (excludes halogenated alkanes) is 2. The van der Waals surface area contributed by atoms with Gasteiger partial charge in [0.1, 0.15) is 0 Å². The molecule has 0 unspecified atom stereocenters. The van der Waals surface area contributed by atoms with E-state index in [1.807, 2.05) is 0 Å². The Morgan fingerprint density at radius 2 is 1.88 bits per heavy atom. The third-order valence-corrected chi connectivity index (χ3v) is 3.90. The Kier molecular flexibility index (Phi) is 9.01. The molecule has 0 spiro atoms. The van der Waals surface area contributed by atoms with Gasteiger partial charge < -0.3 is 10.1 Å². The summed E-state index contributed by atoms with van der Waals surface area (Å²) in [6.45, 7) is 6.99. The first-order valence-electron chi connectivity index (χ1n) is 8.15. The van der Waals surface area contributed by atoms with E-state index in [2.05, 4.69) is 53.5 Å². The minimum absolute atomic E-state index is 0.156. The van der Waals surface area contributed by atoms with E-state index in [4.69, 9.17) is 12.2 Å². The van der Waals surface area contributed by atoms with Gasteiger partial charge in [-0.05, 0) is 57.0 Å². The van der Waals surface area contributed by atoms with Crippen molar-refractivity contribution in [2.75, 3.05) is 13.7 Å². The van der Waals surface area contributed by atoms with E-state index in [-0.39, 0.29) is 5.97 Å². The fourth-order valence-corrected chi connectivity index (χ4v) is 2.62.